The van der Waals surface area contributed by atoms with E-state index in [1.54, 1.807) is 6.08 Å². The van der Waals surface area contributed by atoms with Crippen LogP contribution in [0.15, 0.2) is 47.7 Å². The van der Waals surface area contributed by atoms with E-state index in [0.717, 1.165) is 11.1 Å². The van der Waals surface area contributed by atoms with Crippen molar-refractivity contribution < 1.29 is 5.11 Å². The van der Waals surface area contributed by atoms with Crippen molar-refractivity contribution in [2.24, 2.45) is 0 Å². The molecule has 0 aliphatic heterocycles. The molecule has 13 heavy (non-hydrogen) atoms. The topological polar surface area (TPSA) is 20.2 Å². The quantitative estimate of drug-likeness (QED) is 0.683. The smallest absolute Gasteiger partial charge is 0.104 e. The van der Waals surface area contributed by atoms with Crippen LogP contribution < -0.4 is 0 Å². The Bertz CT molecular complexity index is 314. The first kappa shape index (κ1) is 9.79. The van der Waals surface area contributed by atoms with Gasteiger partial charge in [0.1, 0.15) is 6.10 Å². The minimum atomic E-state index is -0.545. The van der Waals surface area contributed by atoms with E-state index in [-0.39, 0.29) is 0 Å². The molecule has 0 spiro atoms. The van der Waals surface area contributed by atoms with Gasteiger partial charge in [-0.2, -0.15) is 0 Å². The highest BCUT2D eigenvalue weighted by Crippen LogP contribution is 2.12. The van der Waals surface area contributed by atoms with E-state index in [1.807, 2.05) is 44.2 Å². The molecule has 0 aliphatic rings. The molecule has 1 aromatic carbocycles. The SMILES string of the molecule is CC(C)=C=CC(O)c1ccccc1. The van der Waals surface area contributed by atoms with Gasteiger partial charge < -0.3 is 5.11 Å². The average molecular weight is 174 g/mol. The third-order valence-electron chi connectivity index (χ3n) is 1.67. The van der Waals surface area contributed by atoms with Crippen LogP contribution in [0.1, 0.15) is 25.5 Å². The molecule has 68 valence electrons. The van der Waals surface area contributed by atoms with Crippen LogP contribution in [-0.2, 0) is 0 Å². The Balaban J connectivity index is 2.81. The Hall–Kier alpha value is -1.30. The molecule has 0 saturated carbocycles. The van der Waals surface area contributed by atoms with E-state index < -0.39 is 6.10 Å². The molecule has 0 fully saturated rings. The van der Waals surface area contributed by atoms with Crippen LogP contribution >= 0.6 is 0 Å². The van der Waals surface area contributed by atoms with Crippen molar-refractivity contribution in [2.45, 2.75) is 20.0 Å². The molecule has 0 aromatic heterocycles. The largest absolute Gasteiger partial charge is 0.384 e. The molecule has 1 atom stereocenters. The summed E-state index contributed by atoms with van der Waals surface area (Å²) in [5, 5.41) is 9.64. The molecule has 0 amide bonds. The van der Waals surface area contributed by atoms with E-state index in [0.29, 0.717) is 0 Å². The van der Waals surface area contributed by atoms with Crippen LogP contribution in [0.5, 0.6) is 0 Å². The maximum Gasteiger partial charge on any atom is 0.104 e. The summed E-state index contributed by atoms with van der Waals surface area (Å²) in [7, 11) is 0. The maximum atomic E-state index is 9.64. The number of rotatable bonds is 2. The second kappa shape index (κ2) is 4.66. The summed E-state index contributed by atoms with van der Waals surface area (Å²) >= 11 is 0. The Morgan fingerprint density at radius 3 is 2.46 bits per heavy atom. The second-order valence-corrected chi connectivity index (χ2v) is 3.17. The Morgan fingerprint density at radius 2 is 1.92 bits per heavy atom. The van der Waals surface area contributed by atoms with Gasteiger partial charge in [0.05, 0.1) is 0 Å². The first-order valence-electron chi connectivity index (χ1n) is 4.33. The molecule has 1 unspecified atom stereocenters. The van der Waals surface area contributed by atoms with Gasteiger partial charge in [-0.1, -0.05) is 30.3 Å². The Labute approximate surface area is 79.0 Å². The van der Waals surface area contributed by atoms with Crippen LogP contribution in [0, 0.1) is 0 Å². The van der Waals surface area contributed by atoms with E-state index in [1.165, 1.54) is 0 Å². The van der Waals surface area contributed by atoms with Crippen LogP contribution in [0.3, 0.4) is 0 Å². The zero-order chi connectivity index (χ0) is 9.68. The van der Waals surface area contributed by atoms with Crippen LogP contribution in [0.2, 0.25) is 0 Å². The van der Waals surface area contributed by atoms with E-state index in [9.17, 15) is 5.11 Å². The first-order chi connectivity index (χ1) is 6.20. The summed E-state index contributed by atoms with van der Waals surface area (Å²) in [5.74, 6) is 0. The summed E-state index contributed by atoms with van der Waals surface area (Å²) in [4.78, 5) is 0. The van der Waals surface area contributed by atoms with E-state index in [2.05, 4.69) is 5.73 Å². The summed E-state index contributed by atoms with van der Waals surface area (Å²) in [6.07, 6.45) is 1.13. The molecule has 0 radical (unpaired) electrons. The lowest BCUT2D eigenvalue weighted by Crippen LogP contribution is -1.90. The first-order valence-corrected chi connectivity index (χ1v) is 4.33. The standard InChI is InChI=1S/C12H14O/c1-10(2)8-9-12(13)11-6-4-3-5-7-11/h3-7,9,12-13H,1-2H3. The van der Waals surface area contributed by atoms with Crippen molar-refractivity contribution in [3.05, 3.63) is 53.3 Å². The molecular formula is C12H14O. The van der Waals surface area contributed by atoms with Gasteiger partial charge in [-0.25, -0.2) is 0 Å². The summed E-state index contributed by atoms with van der Waals surface area (Å²) in [6, 6.07) is 9.55. The Morgan fingerprint density at radius 1 is 1.31 bits per heavy atom. The molecule has 1 nitrogen and oxygen atoms in total. The van der Waals surface area contributed by atoms with E-state index >= 15 is 0 Å². The second-order valence-electron chi connectivity index (χ2n) is 3.17. The number of aliphatic hydroxyl groups is 1. The predicted molar refractivity (Wildman–Crippen MR) is 54.3 cm³/mol. The fourth-order valence-electron chi connectivity index (χ4n) is 0.992. The van der Waals surface area contributed by atoms with Crippen molar-refractivity contribution in [3.8, 4) is 0 Å². The summed E-state index contributed by atoms with van der Waals surface area (Å²) in [6.45, 7) is 3.91. The van der Waals surface area contributed by atoms with Crippen molar-refractivity contribution in [1.29, 1.82) is 0 Å². The molecule has 1 aromatic rings. The summed E-state index contributed by atoms with van der Waals surface area (Å²) in [5.41, 5.74) is 4.95. The molecule has 1 rings (SSSR count). The molecule has 0 aliphatic carbocycles. The van der Waals surface area contributed by atoms with Crippen LogP contribution in [0.4, 0.5) is 0 Å². The fourth-order valence-corrected chi connectivity index (χ4v) is 0.992. The molecule has 0 saturated heterocycles. The highest BCUT2D eigenvalue weighted by atomic mass is 16.3. The van der Waals surface area contributed by atoms with Gasteiger partial charge in [-0.05, 0) is 31.1 Å². The van der Waals surface area contributed by atoms with Gasteiger partial charge in [0.2, 0.25) is 0 Å². The zero-order valence-corrected chi connectivity index (χ0v) is 7.99. The van der Waals surface area contributed by atoms with Gasteiger partial charge in [-0.3, -0.25) is 0 Å². The third-order valence-corrected chi connectivity index (χ3v) is 1.67. The lowest BCUT2D eigenvalue weighted by molar-refractivity contribution is 0.229. The van der Waals surface area contributed by atoms with Crippen LogP contribution in [-0.4, -0.2) is 5.11 Å². The lowest BCUT2D eigenvalue weighted by Gasteiger charge is -2.02. The zero-order valence-electron chi connectivity index (χ0n) is 7.99. The normalized spacial score (nSPS) is 11.6. The number of benzene rings is 1. The maximum absolute atomic E-state index is 9.64. The lowest BCUT2D eigenvalue weighted by atomic mass is 10.1. The third kappa shape index (κ3) is 3.29. The molecule has 0 bridgehead atoms. The van der Waals surface area contributed by atoms with Crippen molar-refractivity contribution >= 4 is 0 Å². The van der Waals surface area contributed by atoms with Gasteiger partial charge >= 0.3 is 0 Å². The van der Waals surface area contributed by atoms with Gasteiger partial charge in [0.25, 0.3) is 0 Å². The Kier molecular flexibility index (Phi) is 3.51. The number of aliphatic hydroxyl groups excluding tert-OH is 1. The molecular weight excluding hydrogens is 160 g/mol. The highest BCUT2D eigenvalue weighted by molar-refractivity contribution is 5.21. The minimum Gasteiger partial charge on any atom is -0.384 e. The monoisotopic (exact) mass is 174 g/mol. The molecule has 1 heteroatoms. The predicted octanol–water partition coefficient (Wildman–Crippen LogP) is 2.84. The van der Waals surface area contributed by atoms with Gasteiger partial charge in [0.15, 0.2) is 0 Å². The average Bonchev–Trinajstić information content (AvgIpc) is 2.15. The van der Waals surface area contributed by atoms with Crippen molar-refractivity contribution in [1.82, 2.24) is 0 Å². The minimum absolute atomic E-state index is 0.545. The highest BCUT2D eigenvalue weighted by Gasteiger charge is 1.99. The number of hydrogen-bond acceptors (Lipinski definition) is 1. The van der Waals surface area contributed by atoms with Crippen LogP contribution in [0.25, 0.3) is 0 Å². The van der Waals surface area contributed by atoms with E-state index in [4.69, 9.17) is 0 Å². The van der Waals surface area contributed by atoms with Crippen molar-refractivity contribution in [3.63, 3.8) is 0 Å². The van der Waals surface area contributed by atoms with Gasteiger partial charge in [-0.15, -0.1) is 5.73 Å². The molecule has 0 heterocycles. The molecule has 1 N–H and O–H groups in total. The van der Waals surface area contributed by atoms with Gasteiger partial charge in [0, 0.05) is 0 Å². The number of hydrogen-bond donors (Lipinski definition) is 1. The summed E-state index contributed by atoms with van der Waals surface area (Å²) < 4.78 is 0. The fraction of sp³-hybridized carbons (Fsp3) is 0.250. The van der Waals surface area contributed by atoms with Crippen molar-refractivity contribution in [2.75, 3.05) is 0 Å².